The van der Waals surface area contributed by atoms with E-state index in [1.54, 1.807) is 5.56 Å². The highest BCUT2D eigenvalue weighted by atomic mass is 14.4. The minimum Gasteiger partial charge on any atom is -0.0625 e. The van der Waals surface area contributed by atoms with Gasteiger partial charge < -0.3 is 0 Å². The quantitative estimate of drug-likeness (QED) is 0.493. The Labute approximate surface area is 179 Å². The van der Waals surface area contributed by atoms with Gasteiger partial charge in [0.15, 0.2) is 0 Å². The highest BCUT2D eigenvalue weighted by molar-refractivity contribution is 5.71. The van der Waals surface area contributed by atoms with E-state index in [9.17, 15) is 0 Å². The molecule has 0 aromatic heterocycles. The van der Waals surface area contributed by atoms with E-state index in [0.29, 0.717) is 0 Å². The summed E-state index contributed by atoms with van der Waals surface area (Å²) in [6.07, 6.45) is 13.2. The molecule has 2 aliphatic carbocycles. The van der Waals surface area contributed by atoms with Gasteiger partial charge in [0.25, 0.3) is 0 Å². The van der Waals surface area contributed by atoms with Gasteiger partial charge in [0.05, 0.1) is 0 Å². The van der Waals surface area contributed by atoms with E-state index in [1.807, 2.05) is 0 Å². The number of rotatable bonds is 4. The van der Waals surface area contributed by atoms with E-state index in [1.165, 1.54) is 85.6 Å². The third-order valence-electron chi connectivity index (χ3n) is 8.08. The minimum atomic E-state index is 0.901. The van der Waals surface area contributed by atoms with E-state index in [0.717, 1.165) is 23.7 Å². The van der Waals surface area contributed by atoms with E-state index < -0.39 is 0 Å². The molecule has 156 valence electrons. The van der Waals surface area contributed by atoms with Crippen LogP contribution in [0.1, 0.15) is 80.5 Å². The van der Waals surface area contributed by atoms with Gasteiger partial charge >= 0.3 is 0 Å². The van der Waals surface area contributed by atoms with Crippen LogP contribution in [0.4, 0.5) is 0 Å². The lowest BCUT2D eigenvalue weighted by atomic mass is 9.69. The molecule has 0 heterocycles. The fourth-order valence-electron chi connectivity index (χ4n) is 6.30. The van der Waals surface area contributed by atoms with Crippen molar-refractivity contribution in [1.29, 1.82) is 0 Å². The Morgan fingerprint density at radius 2 is 1.21 bits per heavy atom. The van der Waals surface area contributed by atoms with E-state index in [2.05, 4.69) is 64.1 Å². The number of hydrogen-bond acceptors (Lipinski definition) is 0. The SMILES string of the molecule is Cc1ccc(-c2c(C)cc(CC3CCC(C4CCC(C)CC4)CC3)cc2C)cc1. The van der Waals surface area contributed by atoms with Crippen LogP contribution in [0.2, 0.25) is 0 Å². The Morgan fingerprint density at radius 3 is 1.76 bits per heavy atom. The summed E-state index contributed by atoms with van der Waals surface area (Å²) in [7, 11) is 0. The van der Waals surface area contributed by atoms with Crippen LogP contribution in [0.15, 0.2) is 36.4 Å². The van der Waals surface area contributed by atoms with Crippen molar-refractivity contribution < 1.29 is 0 Å². The smallest absolute Gasteiger partial charge is 0.0125 e. The van der Waals surface area contributed by atoms with Crippen LogP contribution in [0.5, 0.6) is 0 Å². The van der Waals surface area contributed by atoms with Crippen molar-refractivity contribution in [1.82, 2.24) is 0 Å². The maximum atomic E-state index is 2.47. The summed E-state index contributed by atoms with van der Waals surface area (Å²) in [5.74, 6) is 3.96. The third-order valence-corrected chi connectivity index (χ3v) is 8.08. The second kappa shape index (κ2) is 9.07. The van der Waals surface area contributed by atoms with E-state index in [-0.39, 0.29) is 0 Å². The van der Waals surface area contributed by atoms with Gasteiger partial charge in [-0.05, 0) is 117 Å². The molecule has 0 atom stereocenters. The first kappa shape index (κ1) is 20.7. The van der Waals surface area contributed by atoms with Crippen molar-refractivity contribution >= 4 is 0 Å². The summed E-state index contributed by atoms with van der Waals surface area (Å²) in [5.41, 5.74) is 8.57. The van der Waals surface area contributed by atoms with Crippen molar-refractivity contribution in [2.75, 3.05) is 0 Å². The Bertz CT molecular complexity index is 773. The largest absolute Gasteiger partial charge is 0.0625 e. The van der Waals surface area contributed by atoms with Gasteiger partial charge in [-0.2, -0.15) is 0 Å². The van der Waals surface area contributed by atoms with Crippen molar-refractivity contribution in [3.8, 4) is 11.1 Å². The summed E-state index contributed by atoms with van der Waals surface area (Å²) < 4.78 is 0. The zero-order chi connectivity index (χ0) is 20.4. The first-order valence-corrected chi connectivity index (χ1v) is 12.2. The van der Waals surface area contributed by atoms with Crippen LogP contribution < -0.4 is 0 Å². The molecule has 0 aliphatic heterocycles. The second-order valence-corrected chi connectivity index (χ2v) is 10.5. The van der Waals surface area contributed by atoms with Crippen LogP contribution in [-0.4, -0.2) is 0 Å². The monoisotopic (exact) mass is 388 g/mol. The van der Waals surface area contributed by atoms with Crippen molar-refractivity contribution in [3.63, 3.8) is 0 Å². The Morgan fingerprint density at radius 1 is 0.690 bits per heavy atom. The Hall–Kier alpha value is -1.56. The molecule has 0 saturated heterocycles. The van der Waals surface area contributed by atoms with Gasteiger partial charge in [-0.3, -0.25) is 0 Å². The van der Waals surface area contributed by atoms with Crippen molar-refractivity contribution in [3.05, 3.63) is 58.7 Å². The second-order valence-electron chi connectivity index (χ2n) is 10.5. The van der Waals surface area contributed by atoms with Crippen LogP contribution in [0, 0.1) is 44.4 Å². The normalized spacial score (nSPS) is 27.7. The number of aryl methyl sites for hydroxylation is 3. The lowest BCUT2D eigenvalue weighted by molar-refractivity contribution is 0.150. The molecule has 0 spiro atoms. The summed E-state index contributed by atoms with van der Waals surface area (Å²) >= 11 is 0. The first-order chi connectivity index (χ1) is 14.0. The average Bonchev–Trinajstić information content (AvgIpc) is 2.70. The summed E-state index contributed by atoms with van der Waals surface area (Å²) in [6.45, 7) is 9.20. The molecule has 2 saturated carbocycles. The zero-order valence-electron chi connectivity index (χ0n) is 19.1. The molecular weight excluding hydrogens is 348 g/mol. The molecule has 0 heteroatoms. The minimum absolute atomic E-state index is 0.901. The van der Waals surface area contributed by atoms with Crippen LogP contribution in [0.25, 0.3) is 11.1 Å². The van der Waals surface area contributed by atoms with Crippen molar-refractivity contribution in [2.24, 2.45) is 23.7 Å². The van der Waals surface area contributed by atoms with Gasteiger partial charge in [-0.1, -0.05) is 61.7 Å². The van der Waals surface area contributed by atoms with Crippen LogP contribution in [0.3, 0.4) is 0 Å². The fourth-order valence-corrected chi connectivity index (χ4v) is 6.30. The van der Waals surface area contributed by atoms with E-state index in [4.69, 9.17) is 0 Å². The van der Waals surface area contributed by atoms with Gasteiger partial charge in [-0.15, -0.1) is 0 Å². The predicted molar refractivity (Wildman–Crippen MR) is 126 cm³/mol. The average molecular weight is 389 g/mol. The summed E-state index contributed by atoms with van der Waals surface area (Å²) in [5, 5.41) is 0. The molecule has 0 N–H and O–H groups in total. The van der Waals surface area contributed by atoms with Gasteiger partial charge in [0.1, 0.15) is 0 Å². The number of hydrogen-bond donors (Lipinski definition) is 0. The standard InChI is InChI=1S/C29H40/c1-20-5-11-26(12-6-20)27-15-9-24(10-16-27)19-25-17-22(3)29(23(4)18-25)28-13-7-21(2)8-14-28/h7-8,13-14,17-18,20,24,26-27H,5-6,9-12,15-16,19H2,1-4H3. The topological polar surface area (TPSA) is 0 Å². The lowest BCUT2D eigenvalue weighted by Gasteiger charge is -2.37. The fraction of sp³-hybridized carbons (Fsp3) is 0.586. The molecule has 4 rings (SSSR count). The first-order valence-electron chi connectivity index (χ1n) is 12.2. The zero-order valence-corrected chi connectivity index (χ0v) is 19.1. The van der Waals surface area contributed by atoms with Gasteiger partial charge in [0.2, 0.25) is 0 Å². The maximum absolute atomic E-state index is 2.47. The van der Waals surface area contributed by atoms with Gasteiger partial charge in [-0.25, -0.2) is 0 Å². The van der Waals surface area contributed by atoms with Crippen LogP contribution in [-0.2, 0) is 6.42 Å². The highest BCUT2D eigenvalue weighted by Gasteiger charge is 2.30. The molecule has 0 nitrogen and oxygen atoms in total. The number of benzene rings is 2. The summed E-state index contributed by atoms with van der Waals surface area (Å²) in [4.78, 5) is 0. The maximum Gasteiger partial charge on any atom is -0.0125 e. The predicted octanol–water partition coefficient (Wildman–Crippen LogP) is 8.45. The molecule has 2 fully saturated rings. The lowest BCUT2D eigenvalue weighted by Crippen LogP contribution is -2.25. The highest BCUT2D eigenvalue weighted by Crippen LogP contribution is 2.42. The Balaban J connectivity index is 1.37. The molecular formula is C29H40. The molecule has 2 aromatic carbocycles. The molecule has 2 aromatic rings. The molecule has 29 heavy (non-hydrogen) atoms. The Kier molecular flexibility index (Phi) is 6.47. The van der Waals surface area contributed by atoms with E-state index >= 15 is 0 Å². The third kappa shape index (κ3) is 4.96. The summed E-state index contributed by atoms with van der Waals surface area (Å²) in [6, 6.07) is 13.9. The molecule has 0 amide bonds. The molecule has 0 radical (unpaired) electrons. The molecule has 0 unspecified atom stereocenters. The molecule has 2 aliphatic rings. The van der Waals surface area contributed by atoms with Crippen LogP contribution >= 0.6 is 0 Å². The molecule has 0 bridgehead atoms. The van der Waals surface area contributed by atoms with Crippen molar-refractivity contribution in [2.45, 2.75) is 85.5 Å². The van der Waals surface area contributed by atoms with Gasteiger partial charge in [0, 0.05) is 0 Å².